The van der Waals surface area contributed by atoms with Gasteiger partial charge in [0.05, 0.1) is 10.0 Å². The molecule has 0 unspecified atom stereocenters. The molecule has 0 aliphatic carbocycles. The molecule has 1 heterocycles. The zero-order chi connectivity index (χ0) is 15.2. The van der Waals surface area contributed by atoms with E-state index in [4.69, 9.17) is 23.2 Å². The highest BCUT2D eigenvalue weighted by atomic mass is 35.5. The number of hydrogen-bond acceptors (Lipinski definition) is 3. The molecule has 1 aromatic heterocycles. The van der Waals surface area contributed by atoms with Gasteiger partial charge in [-0.2, -0.15) is 5.10 Å². The first-order chi connectivity index (χ1) is 10.1. The normalized spacial score (nSPS) is 10.4. The summed E-state index contributed by atoms with van der Waals surface area (Å²) in [7, 11) is 0. The summed E-state index contributed by atoms with van der Waals surface area (Å²) >= 11 is 11.8. The lowest BCUT2D eigenvalue weighted by atomic mass is 10.1. The Hall–Kier alpha value is -1.85. The van der Waals surface area contributed by atoms with Crippen LogP contribution in [0.2, 0.25) is 10.0 Å². The molecule has 1 aromatic carbocycles. The molecule has 110 valence electrons. The lowest BCUT2D eigenvalue weighted by molar-refractivity contribution is 0.0947. The van der Waals surface area contributed by atoms with Gasteiger partial charge in [-0.05, 0) is 36.6 Å². The van der Waals surface area contributed by atoms with Gasteiger partial charge in [-0.25, -0.2) is 5.10 Å². The Morgan fingerprint density at radius 1 is 1.19 bits per heavy atom. The maximum Gasteiger partial charge on any atom is 0.271 e. The predicted molar refractivity (Wildman–Crippen MR) is 82.0 cm³/mol. The van der Waals surface area contributed by atoms with E-state index in [2.05, 4.69) is 15.5 Å². The van der Waals surface area contributed by atoms with Crippen molar-refractivity contribution in [3.63, 3.8) is 0 Å². The Bertz CT molecular complexity index is 680. The fraction of sp³-hybridized carbons (Fsp3) is 0.214. The standard InChI is InChI=1S/C14H13Cl2N3O2/c15-10-4-3-9(8-11(10)16)2-1-7-17-14(21)12-5-6-13(20)19-18-12/h3-6,8H,1-2,7H2,(H,17,21)(H,19,20). The second-order valence-corrected chi connectivity index (χ2v) is 5.23. The van der Waals surface area contributed by atoms with Gasteiger partial charge in [-0.15, -0.1) is 0 Å². The first-order valence-corrected chi connectivity index (χ1v) is 7.10. The zero-order valence-corrected chi connectivity index (χ0v) is 12.5. The molecule has 0 saturated heterocycles. The minimum Gasteiger partial charge on any atom is -0.351 e. The van der Waals surface area contributed by atoms with Crippen LogP contribution >= 0.6 is 23.2 Å². The van der Waals surface area contributed by atoms with E-state index in [9.17, 15) is 9.59 Å². The molecule has 21 heavy (non-hydrogen) atoms. The van der Waals surface area contributed by atoms with Gasteiger partial charge >= 0.3 is 0 Å². The molecular formula is C14H13Cl2N3O2. The van der Waals surface area contributed by atoms with Crippen LogP contribution < -0.4 is 10.9 Å². The van der Waals surface area contributed by atoms with Gasteiger partial charge in [-0.3, -0.25) is 9.59 Å². The molecule has 0 radical (unpaired) electrons. The van der Waals surface area contributed by atoms with Crippen molar-refractivity contribution in [3.05, 3.63) is 62.0 Å². The first kappa shape index (κ1) is 15.5. The molecule has 1 amide bonds. The maximum atomic E-state index is 11.7. The number of carbonyl (C=O) groups is 1. The van der Waals surface area contributed by atoms with E-state index in [0.717, 1.165) is 18.4 Å². The third-order valence-corrected chi connectivity index (χ3v) is 3.56. The lowest BCUT2D eigenvalue weighted by Crippen LogP contribution is -2.26. The van der Waals surface area contributed by atoms with Gasteiger partial charge in [0.15, 0.2) is 0 Å². The van der Waals surface area contributed by atoms with Gasteiger partial charge in [0.25, 0.3) is 11.5 Å². The van der Waals surface area contributed by atoms with Crippen LogP contribution in [0.3, 0.4) is 0 Å². The zero-order valence-electron chi connectivity index (χ0n) is 11.0. The fourth-order valence-corrected chi connectivity index (χ4v) is 2.07. The fourth-order valence-electron chi connectivity index (χ4n) is 1.75. The van der Waals surface area contributed by atoms with Gasteiger partial charge in [0.2, 0.25) is 0 Å². The van der Waals surface area contributed by atoms with Crippen molar-refractivity contribution in [2.75, 3.05) is 6.54 Å². The van der Waals surface area contributed by atoms with Gasteiger partial charge in [0.1, 0.15) is 5.69 Å². The molecule has 5 nitrogen and oxygen atoms in total. The summed E-state index contributed by atoms with van der Waals surface area (Å²) in [6.45, 7) is 0.500. The van der Waals surface area contributed by atoms with Crippen LogP contribution in [0.1, 0.15) is 22.5 Å². The Morgan fingerprint density at radius 3 is 2.67 bits per heavy atom. The van der Waals surface area contributed by atoms with E-state index in [-0.39, 0.29) is 17.2 Å². The largest absolute Gasteiger partial charge is 0.351 e. The first-order valence-electron chi connectivity index (χ1n) is 6.34. The molecule has 0 aliphatic rings. The van der Waals surface area contributed by atoms with Crippen LogP contribution in [0.4, 0.5) is 0 Å². The van der Waals surface area contributed by atoms with E-state index < -0.39 is 0 Å². The van der Waals surface area contributed by atoms with Gasteiger partial charge in [-0.1, -0.05) is 29.3 Å². The minimum absolute atomic E-state index is 0.184. The topological polar surface area (TPSA) is 74.8 Å². The lowest BCUT2D eigenvalue weighted by Gasteiger charge is -2.05. The summed E-state index contributed by atoms with van der Waals surface area (Å²) in [6, 6.07) is 8.11. The molecular weight excluding hydrogens is 313 g/mol. The van der Waals surface area contributed by atoms with Crippen LogP contribution in [0.5, 0.6) is 0 Å². The number of benzene rings is 1. The molecule has 2 N–H and O–H groups in total. The van der Waals surface area contributed by atoms with E-state index in [1.807, 2.05) is 12.1 Å². The van der Waals surface area contributed by atoms with Crippen molar-refractivity contribution in [3.8, 4) is 0 Å². The van der Waals surface area contributed by atoms with Crippen molar-refractivity contribution in [1.29, 1.82) is 0 Å². The average molecular weight is 326 g/mol. The van der Waals surface area contributed by atoms with Crippen LogP contribution in [0.25, 0.3) is 0 Å². The van der Waals surface area contributed by atoms with Crippen molar-refractivity contribution in [2.45, 2.75) is 12.8 Å². The predicted octanol–water partition coefficient (Wildman–Crippen LogP) is 2.44. The van der Waals surface area contributed by atoms with Crippen LogP contribution in [0.15, 0.2) is 35.1 Å². The smallest absolute Gasteiger partial charge is 0.271 e. The summed E-state index contributed by atoms with van der Waals surface area (Å²) in [4.78, 5) is 22.6. The highest BCUT2D eigenvalue weighted by Gasteiger charge is 2.06. The Kier molecular flexibility index (Phi) is 5.36. The number of halogens is 2. The van der Waals surface area contributed by atoms with Crippen LogP contribution in [-0.2, 0) is 6.42 Å². The molecule has 0 aliphatic heterocycles. The highest BCUT2D eigenvalue weighted by molar-refractivity contribution is 6.42. The van der Waals surface area contributed by atoms with Crippen LogP contribution in [-0.4, -0.2) is 22.6 Å². The summed E-state index contributed by atoms with van der Waals surface area (Å²) in [5, 5.41) is 9.65. The SMILES string of the molecule is O=C(NCCCc1ccc(Cl)c(Cl)c1)c1ccc(=O)[nH]n1. The summed E-state index contributed by atoms with van der Waals surface area (Å²) < 4.78 is 0. The third kappa shape index (κ3) is 4.58. The Labute approximate surface area is 131 Å². The number of rotatable bonds is 5. The molecule has 2 aromatic rings. The number of aromatic amines is 1. The van der Waals surface area contributed by atoms with Crippen LogP contribution in [0, 0.1) is 0 Å². The van der Waals surface area contributed by atoms with Crippen molar-refractivity contribution in [2.24, 2.45) is 0 Å². The van der Waals surface area contributed by atoms with E-state index in [1.54, 1.807) is 6.07 Å². The van der Waals surface area contributed by atoms with Gasteiger partial charge < -0.3 is 5.32 Å². The third-order valence-electron chi connectivity index (χ3n) is 2.82. The van der Waals surface area contributed by atoms with Crippen molar-refractivity contribution >= 4 is 29.1 Å². The number of nitrogens with zero attached hydrogens (tertiary/aromatic N) is 1. The summed E-state index contributed by atoms with van der Waals surface area (Å²) in [5.74, 6) is -0.319. The quantitative estimate of drug-likeness (QED) is 0.829. The minimum atomic E-state index is -0.342. The summed E-state index contributed by atoms with van der Waals surface area (Å²) in [5.41, 5.74) is 0.899. The monoisotopic (exact) mass is 325 g/mol. The van der Waals surface area contributed by atoms with Gasteiger partial charge in [0, 0.05) is 12.6 Å². The Balaban J connectivity index is 1.79. The molecule has 2 rings (SSSR count). The van der Waals surface area contributed by atoms with Crippen molar-refractivity contribution < 1.29 is 4.79 Å². The second kappa shape index (κ2) is 7.24. The average Bonchev–Trinajstić information content (AvgIpc) is 2.47. The summed E-state index contributed by atoms with van der Waals surface area (Å²) in [6.07, 6.45) is 1.53. The molecule has 0 atom stereocenters. The molecule has 0 spiro atoms. The number of aromatic nitrogens is 2. The Morgan fingerprint density at radius 2 is 2.00 bits per heavy atom. The second-order valence-electron chi connectivity index (χ2n) is 4.41. The number of carbonyl (C=O) groups excluding carboxylic acids is 1. The number of H-pyrrole nitrogens is 1. The molecule has 0 fully saturated rings. The number of amides is 1. The van der Waals surface area contributed by atoms with E-state index in [1.165, 1.54) is 12.1 Å². The number of aryl methyl sites for hydroxylation is 1. The molecule has 7 heteroatoms. The van der Waals surface area contributed by atoms with E-state index >= 15 is 0 Å². The number of hydrogen-bond donors (Lipinski definition) is 2. The van der Waals surface area contributed by atoms with Crippen molar-refractivity contribution in [1.82, 2.24) is 15.5 Å². The molecule has 0 saturated carbocycles. The highest BCUT2D eigenvalue weighted by Crippen LogP contribution is 2.22. The van der Waals surface area contributed by atoms with E-state index in [0.29, 0.717) is 16.6 Å². The molecule has 0 bridgehead atoms. The number of nitrogens with one attached hydrogen (secondary N) is 2. The maximum absolute atomic E-state index is 11.7.